The van der Waals surface area contributed by atoms with E-state index >= 15 is 0 Å². The van der Waals surface area contributed by atoms with Crippen molar-refractivity contribution in [1.29, 1.82) is 0 Å². The van der Waals surface area contributed by atoms with Crippen LogP contribution in [0.15, 0.2) is 42.5 Å². The number of carbonyl (C=O) groups excluding carboxylic acids is 1. The first kappa shape index (κ1) is 20.4. The summed E-state index contributed by atoms with van der Waals surface area (Å²) in [4.78, 5) is 29.4. The first-order valence-electron chi connectivity index (χ1n) is 9.53. The average molecular weight is 398 g/mol. The molecule has 8 nitrogen and oxygen atoms in total. The Morgan fingerprint density at radius 3 is 2.62 bits per heavy atom. The number of benzene rings is 2. The van der Waals surface area contributed by atoms with Gasteiger partial charge in [0, 0.05) is 45.5 Å². The zero-order valence-electron chi connectivity index (χ0n) is 17.2. The number of nitro benzene ring substituents is 1. The van der Waals surface area contributed by atoms with Gasteiger partial charge >= 0.3 is 0 Å². The lowest BCUT2D eigenvalue weighted by molar-refractivity contribution is -0.384. The Labute approximate surface area is 170 Å². The summed E-state index contributed by atoms with van der Waals surface area (Å²) in [7, 11) is 5.30. The van der Waals surface area contributed by atoms with Crippen LogP contribution in [0.1, 0.15) is 17.3 Å². The predicted octanol–water partition coefficient (Wildman–Crippen LogP) is 3.02. The van der Waals surface area contributed by atoms with Crippen LogP contribution in [0.3, 0.4) is 0 Å². The van der Waals surface area contributed by atoms with Crippen LogP contribution >= 0.6 is 0 Å². The standard InChI is InChI=1S/C21H26N4O4/c1-5-24-14-16(29-20-9-7-6-8-19(20)24)13-23(4)21(26)17-12-15(25(27)28)10-11-18(17)22(2)3/h6-12,16H,5,13-14H2,1-4H3/t16-/m1/s1. The molecule has 0 radical (unpaired) electrons. The molecule has 154 valence electrons. The minimum Gasteiger partial charge on any atom is -0.485 e. The quantitative estimate of drug-likeness (QED) is 0.550. The summed E-state index contributed by atoms with van der Waals surface area (Å²) in [6, 6.07) is 12.2. The van der Waals surface area contributed by atoms with Gasteiger partial charge in [0.25, 0.3) is 11.6 Å². The highest BCUT2D eigenvalue weighted by atomic mass is 16.6. The van der Waals surface area contributed by atoms with Crippen LogP contribution in [0.4, 0.5) is 17.1 Å². The number of amides is 1. The molecular formula is C21H26N4O4. The Morgan fingerprint density at radius 2 is 1.97 bits per heavy atom. The van der Waals surface area contributed by atoms with Crippen molar-refractivity contribution in [1.82, 2.24) is 4.90 Å². The monoisotopic (exact) mass is 398 g/mol. The Bertz CT molecular complexity index is 915. The van der Waals surface area contributed by atoms with E-state index in [1.165, 1.54) is 12.1 Å². The van der Waals surface area contributed by atoms with Gasteiger partial charge in [-0.1, -0.05) is 12.1 Å². The molecule has 1 aliphatic rings. The number of rotatable bonds is 6. The van der Waals surface area contributed by atoms with Gasteiger partial charge in [0.15, 0.2) is 0 Å². The lowest BCUT2D eigenvalue weighted by atomic mass is 10.1. The molecule has 1 amide bonds. The molecule has 1 atom stereocenters. The smallest absolute Gasteiger partial charge is 0.270 e. The summed E-state index contributed by atoms with van der Waals surface area (Å²) < 4.78 is 6.11. The molecule has 0 N–H and O–H groups in total. The number of nitro groups is 1. The molecule has 0 saturated heterocycles. The second-order valence-corrected chi connectivity index (χ2v) is 7.28. The number of para-hydroxylation sites is 2. The van der Waals surface area contributed by atoms with Crippen LogP contribution in [0.25, 0.3) is 0 Å². The summed E-state index contributed by atoms with van der Waals surface area (Å²) in [6.07, 6.45) is -0.194. The number of likely N-dealkylation sites (N-methyl/N-ethyl adjacent to an activating group) is 2. The molecule has 0 unspecified atom stereocenters. The molecule has 29 heavy (non-hydrogen) atoms. The lowest BCUT2D eigenvalue weighted by Gasteiger charge is -2.37. The van der Waals surface area contributed by atoms with E-state index in [4.69, 9.17) is 4.74 Å². The predicted molar refractivity (Wildman–Crippen MR) is 113 cm³/mol. The minimum absolute atomic E-state index is 0.104. The van der Waals surface area contributed by atoms with Crippen molar-refractivity contribution in [3.8, 4) is 5.75 Å². The third-order valence-electron chi connectivity index (χ3n) is 5.03. The largest absolute Gasteiger partial charge is 0.485 e. The summed E-state index contributed by atoms with van der Waals surface area (Å²) in [6.45, 7) is 3.96. The highest BCUT2D eigenvalue weighted by Crippen LogP contribution is 2.33. The fourth-order valence-electron chi connectivity index (χ4n) is 3.57. The van der Waals surface area contributed by atoms with Gasteiger partial charge in [0.2, 0.25) is 0 Å². The van der Waals surface area contributed by atoms with Gasteiger partial charge in [-0.15, -0.1) is 0 Å². The molecule has 3 rings (SSSR count). The number of anilines is 2. The van der Waals surface area contributed by atoms with Crippen molar-refractivity contribution in [2.24, 2.45) is 0 Å². The number of ether oxygens (including phenoxy) is 1. The highest BCUT2D eigenvalue weighted by Gasteiger charge is 2.28. The van der Waals surface area contributed by atoms with E-state index in [2.05, 4.69) is 11.8 Å². The number of fused-ring (bicyclic) bond motifs is 1. The Balaban J connectivity index is 1.81. The van der Waals surface area contributed by atoms with Gasteiger partial charge in [0.1, 0.15) is 11.9 Å². The maximum Gasteiger partial charge on any atom is 0.270 e. The van der Waals surface area contributed by atoms with Gasteiger partial charge in [-0.3, -0.25) is 14.9 Å². The SMILES string of the molecule is CCN1C[C@@H](CN(C)C(=O)c2cc([N+](=O)[O-])ccc2N(C)C)Oc2ccccc21. The second kappa shape index (κ2) is 8.38. The van der Waals surface area contributed by atoms with Crippen molar-refractivity contribution >= 4 is 23.0 Å². The average Bonchev–Trinajstić information content (AvgIpc) is 2.71. The van der Waals surface area contributed by atoms with E-state index in [9.17, 15) is 14.9 Å². The number of carbonyl (C=O) groups is 1. The Hall–Kier alpha value is -3.29. The molecule has 2 aromatic carbocycles. The van der Waals surface area contributed by atoms with Gasteiger partial charge in [-0.25, -0.2) is 0 Å². The van der Waals surface area contributed by atoms with Crippen LogP contribution in [0.5, 0.6) is 5.75 Å². The van der Waals surface area contributed by atoms with E-state index < -0.39 is 4.92 Å². The van der Waals surface area contributed by atoms with E-state index in [1.807, 2.05) is 24.3 Å². The van der Waals surface area contributed by atoms with Crippen LogP contribution in [0, 0.1) is 10.1 Å². The third-order valence-corrected chi connectivity index (χ3v) is 5.03. The molecule has 1 heterocycles. The molecular weight excluding hydrogens is 372 g/mol. The summed E-state index contributed by atoms with van der Waals surface area (Å²) in [5.74, 6) is 0.527. The van der Waals surface area contributed by atoms with Crippen LogP contribution < -0.4 is 14.5 Å². The van der Waals surface area contributed by atoms with Crippen LogP contribution in [0.2, 0.25) is 0 Å². The van der Waals surface area contributed by atoms with Crippen molar-refractivity contribution in [2.45, 2.75) is 13.0 Å². The highest BCUT2D eigenvalue weighted by molar-refractivity contribution is 6.00. The second-order valence-electron chi connectivity index (χ2n) is 7.28. The lowest BCUT2D eigenvalue weighted by Crippen LogP contribution is -2.47. The van der Waals surface area contributed by atoms with Gasteiger partial charge < -0.3 is 19.4 Å². The summed E-state index contributed by atoms with van der Waals surface area (Å²) >= 11 is 0. The van der Waals surface area contributed by atoms with Crippen LogP contribution in [-0.2, 0) is 0 Å². The third kappa shape index (κ3) is 4.26. The van der Waals surface area contributed by atoms with E-state index in [1.54, 1.807) is 37.0 Å². The first-order chi connectivity index (χ1) is 13.8. The zero-order valence-corrected chi connectivity index (χ0v) is 17.2. The molecule has 0 aromatic heterocycles. The fourth-order valence-corrected chi connectivity index (χ4v) is 3.57. The normalized spacial score (nSPS) is 15.3. The Morgan fingerprint density at radius 1 is 1.24 bits per heavy atom. The number of nitrogens with zero attached hydrogens (tertiary/aromatic N) is 4. The molecule has 0 saturated carbocycles. The Kier molecular flexibility index (Phi) is 5.91. The maximum absolute atomic E-state index is 13.1. The molecule has 0 spiro atoms. The molecule has 2 aromatic rings. The van der Waals surface area contributed by atoms with Crippen molar-refractivity contribution in [2.75, 3.05) is 50.6 Å². The number of non-ortho nitro benzene ring substituents is 1. The van der Waals surface area contributed by atoms with Gasteiger partial charge in [0.05, 0.1) is 29.3 Å². The molecule has 8 heteroatoms. The maximum atomic E-state index is 13.1. The molecule has 0 aliphatic carbocycles. The summed E-state index contributed by atoms with van der Waals surface area (Å²) in [5.41, 5.74) is 1.88. The van der Waals surface area contributed by atoms with Gasteiger partial charge in [-0.2, -0.15) is 0 Å². The molecule has 0 fully saturated rings. The van der Waals surface area contributed by atoms with Crippen molar-refractivity contribution < 1.29 is 14.5 Å². The van der Waals surface area contributed by atoms with Crippen molar-refractivity contribution in [3.05, 3.63) is 58.1 Å². The number of hydrogen-bond donors (Lipinski definition) is 0. The first-order valence-corrected chi connectivity index (χ1v) is 9.53. The van der Waals surface area contributed by atoms with Crippen molar-refractivity contribution in [3.63, 3.8) is 0 Å². The van der Waals surface area contributed by atoms with Gasteiger partial charge in [-0.05, 0) is 25.1 Å². The molecule has 1 aliphatic heterocycles. The minimum atomic E-state index is -0.490. The summed E-state index contributed by atoms with van der Waals surface area (Å²) in [5, 5.41) is 11.2. The van der Waals surface area contributed by atoms with E-state index in [0.717, 1.165) is 18.0 Å². The number of hydrogen-bond acceptors (Lipinski definition) is 6. The zero-order chi connectivity index (χ0) is 21.1. The fraction of sp³-hybridized carbons (Fsp3) is 0.381. The van der Waals surface area contributed by atoms with E-state index in [0.29, 0.717) is 24.3 Å². The molecule has 0 bridgehead atoms. The van der Waals surface area contributed by atoms with E-state index in [-0.39, 0.29) is 17.7 Å². The topological polar surface area (TPSA) is 79.2 Å². The van der Waals surface area contributed by atoms with Crippen LogP contribution in [-0.4, -0.2) is 62.6 Å².